The van der Waals surface area contributed by atoms with E-state index in [0.717, 1.165) is 0 Å². The molecule has 0 spiro atoms. The number of hydrogen-bond acceptors (Lipinski definition) is 5. The number of carboxylic acids is 2. The molecule has 0 saturated carbocycles. The molecule has 3 N–H and O–H groups in total. The molecule has 82 valence electrons. The minimum Gasteiger partial charge on any atom is -0.481 e. The van der Waals surface area contributed by atoms with Crippen LogP contribution in [0.1, 0.15) is 6.42 Å². The fourth-order valence-corrected chi connectivity index (χ4v) is 1.48. The summed E-state index contributed by atoms with van der Waals surface area (Å²) in [6.07, 6.45) is -1.39. The van der Waals surface area contributed by atoms with Gasteiger partial charge in [0, 0.05) is 7.11 Å². The maximum Gasteiger partial charge on any atom is 0.355 e. The van der Waals surface area contributed by atoms with Crippen LogP contribution in [-0.4, -0.2) is 47.2 Å². The number of hydrogen-bond donors (Lipinski definition) is 3. The Labute approximate surface area is 78.9 Å². The summed E-state index contributed by atoms with van der Waals surface area (Å²) < 4.78 is 33.9. The Morgan fingerprint density at radius 3 is 1.86 bits per heavy atom. The van der Waals surface area contributed by atoms with E-state index in [9.17, 15) is 18.0 Å². The molecule has 14 heavy (non-hydrogen) atoms. The summed E-state index contributed by atoms with van der Waals surface area (Å²) >= 11 is 0. The lowest BCUT2D eigenvalue weighted by atomic mass is 10.2. The number of methoxy groups -OCH3 is 1. The predicted octanol–water partition coefficient (Wildman–Crippen LogP) is -1.22. The molecule has 0 rings (SSSR count). The fourth-order valence-electron chi connectivity index (χ4n) is 0.741. The Kier molecular flexibility index (Phi) is 3.57. The van der Waals surface area contributed by atoms with E-state index >= 15 is 0 Å². The summed E-state index contributed by atoms with van der Waals surface area (Å²) in [6, 6.07) is 0. The zero-order valence-corrected chi connectivity index (χ0v) is 7.81. The zero-order chi connectivity index (χ0) is 11.6. The molecule has 0 heterocycles. The van der Waals surface area contributed by atoms with E-state index in [1.807, 2.05) is 0 Å². The van der Waals surface area contributed by atoms with Gasteiger partial charge in [0.05, 0.1) is 0 Å². The molecule has 1 atom stereocenters. The minimum absolute atomic E-state index is 0.671. The van der Waals surface area contributed by atoms with Crippen molar-refractivity contribution in [2.24, 2.45) is 0 Å². The van der Waals surface area contributed by atoms with E-state index in [1.54, 1.807) is 0 Å². The van der Waals surface area contributed by atoms with Crippen molar-refractivity contribution in [3.63, 3.8) is 0 Å². The van der Waals surface area contributed by atoms with Crippen molar-refractivity contribution in [1.29, 1.82) is 0 Å². The van der Waals surface area contributed by atoms with Gasteiger partial charge in [-0.25, -0.2) is 4.79 Å². The Morgan fingerprint density at radius 2 is 1.79 bits per heavy atom. The summed E-state index contributed by atoms with van der Waals surface area (Å²) in [5.74, 6) is -3.82. The van der Waals surface area contributed by atoms with E-state index in [2.05, 4.69) is 4.74 Å². The standard InChI is InChI=1S/C5H8O8S/c1-13-5(4(8)9,2-3(6)7)14(10,11)12/h2H2,1H3,(H,6,7)(H,8,9)(H,10,11,12). The summed E-state index contributed by atoms with van der Waals surface area (Å²) in [5.41, 5.74) is 0. The molecule has 0 aliphatic heterocycles. The first-order chi connectivity index (χ1) is 6.17. The van der Waals surface area contributed by atoms with E-state index in [4.69, 9.17) is 14.8 Å². The molecule has 0 bridgehead atoms. The molecule has 0 radical (unpaired) electrons. The van der Waals surface area contributed by atoms with Crippen LogP contribution in [-0.2, 0) is 24.4 Å². The van der Waals surface area contributed by atoms with E-state index in [-0.39, 0.29) is 0 Å². The molecule has 0 aromatic rings. The third kappa shape index (κ3) is 2.19. The lowest BCUT2D eigenvalue weighted by molar-refractivity contribution is -0.159. The minimum atomic E-state index is -5.17. The third-order valence-corrected chi connectivity index (χ3v) is 2.78. The SMILES string of the molecule is COC(CC(=O)O)(C(=O)O)S(=O)(=O)O. The van der Waals surface area contributed by atoms with Crippen LogP contribution in [0.5, 0.6) is 0 Å². The van der Waals surface area contributed by atoms with Gasteiger partial charge in [-0.2, -0.15) is 8.42 Å². The van der Waals surface area contributed by atoms with Crippen molar-refractivity contribution in [1.82, 2.24) is 0 Å². The van der Waals surface area contributed by atoms with Gasteiger partial charge in [0.2, 0.25) is 0 Å². The maximum absolute atomic E-state index is 10.6. The molecular weight excluding hydrogens is 220 g/mol. The molecule has 0 fully saturated rings. The summed E-state index contributed by atoms with van der Waals surface area (Å²) in [4.78, 5) is 17.6. The van der Waals surface area contributed by atoms with Gasteiger partial charge in [-0.05, 0) is 0 Å². The maximum atomic E-state index is 10.6. The molecule has 0 aromatic heterocycles. The van der Waals surface area contributed by atoms with Crippen molar-refractivity contribution in [2.75, 3.05) is 7.11 Å². The van der Waals surface area contributed by atoms with E-state index < -0.39 is 33.4 Å². The molecule has 0 aromatic carbocycles. The lowest BCUT2D eigenvalue weighted by Crippen LogP contribution is -2.49. The molecule has 1 unspecified atom stereocenters. The highest BCUT2D eigenvalue weighted by atomic mass is 32.2. The Morgan fingerprint density at radius 1 is 1.36 bits per heavy atom. The van der Waals surface area contributed by atoms with E-state index in [1.165, 1.54) is 0 Å². The van der Waals surface area contributed by atoms with Crippen LogP contribution >= 0.6 is 0 Å². The first-order valence-electron chi connectivity index (χ1n) is 3.14. The molecule has 9 heteroatoms. The Bertz CT molecular complexity index is 343. The second kappa shape index (κ2) is 3.90. The van der Waals surface area contributed by atoms with E-state index in [0.29, 0.717) is 7.11 Å². The highest BCUT2D eigenvalue weighted by Gasteiger charge is 2.53. The van der Waals surface area contributed by atoms with Gasteiger partial charge < -0.3 is 14.9 Å². The first kappa shape index (κ1) is 12.8. The number of ether oxygens (including phenoxy) is 1. The van der Waals surface area contributed by atoms with Crippen LogP contribution in [0.4, 0.5) is 0 Å². The van der Waals surface area contributed by atoms with Crippen LogP contribution in [0.15, 0.2) is 0 Å². The largest absolute Gasteiger partial charge is 0.481 e. The fraction of sp³-hybridized carbons (Fsp3) is 0.600. The van der Waals surface area contributed by atoms with Crippen LogP contribution < -0.4 is 0 Å². The van der Waals surface area contributed by atoms with Gasteiger partial charge in [-0.3, -0.25) is 9.35 Å². The number of aliphatic carboxylic acids is 2. The first-order valence-corrected chi connectivity index (χ1v) is 4.59. The van der Waals surface area contributed by atoms with Crippen molar-refractivity contribution in [3.05, 3.63) is 0 Å². The van der Waals surface area contributed by atoms with Crippen LogP contribution in [0.2, 0.25) is 0 Å². The number of carbonyl (C=O) groups is 2. The van der Waals surface area contributed by atoms with Crippen molar-refractivity contribution < 1.29 is 37.5 Å². The Hall–Kier alpha value is -1.19. The average Bonchev–Trinajstić information content (AvgIpc) is 1.96. The van der Waals surface area contributed by atoms with Crippen molar-refractivity contribution in [3.8, 4) is 0 Å². The monoisotopic (exact) mass is 228 g/mol. The quantitative estimate of drug-likeness (QED) is 0.497. The molecule has 0 saturated heterocycles. The van der Waals surface area contributed by atoms with Crippen LogP contribution in [0, 0.1) is 0 Å². The second-order valence-electron chi connectivity index (χ2n) is 2.31. The predicted molar refractivity (Wildman–Crippen MR) is 41.2 cm³/mol. The smallest absolute Gasteiger partial charge is 0.355 e. The van der Waals surface area contributed by atoms with Gasteiger partial charge in [0.15, 0.2) is 0 Å². The Balaban J connectivity index is 5.44. The van der Waals surface area contributed by atoms with Crippen molar-refractivity contribution in [2.45, 2.75) is 11.4 Å². The zero-order valence-electron chi connectivity index (χ0n) is 7.00. The highest BCUT2D eigenvalue weighted by molar-refractivity contribution is 7.87. The van der Waals surface area contributed by atoms with Gasteiger partial charge in [0.25, 0.3) is 0 Å². The lowest BCUT2D eigenvalue weighted by Gasteiger charge is -2.21. The third-order valence-electron chi connectivity index (χ3n) is 1.46. The van der Waals surface area contributed by atoms with Crippen LogP contribution in [0.25, 0.3) is 0 Å². The van der Waals surface area contributed by atoms with Crippen molar-refractivity contribution >= 4 is 22.1 Å². The summed E-state index contributed by atoms with van der Waals surface area (Å²) in [6.45, 7) is 0. The molecule has 0 aliphatic carbocycles. The normalized spacial score (nSPS) is 15.9. The average molecular weight is 228 g/mol. The van der Waals surface area contributed by atoms with Crippen LogP contribution in [0.3, 0.4) is 0 Å². The highest BCUT2D eigenvalue weighted by Crippen LogP contribution is 2.22. The molecule has 8 nitrogen and oxygen atoms in total. The van der Waals surface area contributed by atoms with Gasteiger partial charge >= 0.3 is 27.0 Å². The summed E-state index contributed by atoms with van der Waals surface area (Å²) in [7, 11) is -4.50. The number of carboxylic acid groups (broad SMARTS) is 2. The molecule has 0 amide bonds. The van der Waals surface area contributed by atoms with Gasteiger partial charge in [0.1, 0.15) is 6.42 Å². The topological polar surface area (TPSA) is 138 Å². The summed E-state index contributed by atoms with van der Waals surface area (Å²) in [5, 5.41) is 16.8. The number of rotatable bonds is 5. The second-order valence-corrected chi connectivity index (χ2v) is 3.92. The molecule has 0 aliphatic rings. The van der Waals surface area contributed by atoms with Gasteiger partial charge in [-0.1, -0.05) is 0 Å². The molecular formula is C5H8O8S. The van der Waals surface area contributed by atoms with Gasteiger partial charge in [-0.15, -0.1) is 0 Å².